The fourth-order valence-electron chi connectivity index (χ4n) is 3.66. The number of H-pyrrole nitrogens is 1. The number of hydrogen-bond acceptors (Lipinski definition) is 12. The van der Waals surface area contributed by atoms with Gasteiger partial charge in [-0.05, 0) is 48.9 Å². The molecular weight excluding hydrogens is 550 g/mol. The van der Waals surface area contributed by atoms with E-state index in [4.69, 9.17) is 14.2 Å². The number of thioether (sulfide) groups is 2. The number of amides is 1. The lowest BCUT2D eigenvalue weighted by Crippen LogP contribution is -2.63. The standard InChI is InChI=1S/C24H27N5O8S2/c1-13(2)20(23(31)35-5)28-21(30)19(22(28)39-14(3)12-38-18-10-25-27-26-18)15(4)37-24(32)36-11-16-6-8-17(9-7-16)29(33)34/h6-10,15,19,22H,3,11-12H2,1-2,4-5H3,(H,25,26,27)/t15?,19-,22+/m0/s1. The van der Waals surface area contributed by atoms with Crippen LogP contribution in [0.2, 0.25) is 0 Å². The van der Waals surface area contributed by atoms with E-state index < -0.39 is 40.4 Å². The van der Waals surface area contributed by atoms with E-state index in [0.717, 1.165) is 0 Å². The smallest absolute Gasteiger partial charge is 0.464 e. The molecule has 0 aliphatic carbocycles. The van der Waals surface area contributed by atoms with Gasteiger partial charge < -0.3 is 14.2 Å². The number of carbonyl (C=O) groups excluding carboxylic acids is 3. The van der Waals surface area contributed by atoms with E-state index in [2.05, 4.69) is 22.0 Å². The van der Waals surface area contributed by atoms with E-state index in [9.17, 15) is 24.5 Å². The predicted octanol–water partition coefficient (Wildman–Crippen LogP) is 4.05. The number of likely N-dealkylation sites (tertiary alicyclic amines) is 1. The first kappa shape index (κ1) is 29.7. The summed E-state index contributed by atoms with van der Waals surface area (Å²) < 4.78 is 15.4. The summed E-state index contributed by atoms with van der Waals surface area (Å²) in [5.41, 5.74) is 1.13. The number of nitrogens with one attached hydrogen (secondary N) is 1. The number of aromatic nitrogens is 3. The number of ether oxygens (including phenoxy) is 3. The van der Waals surface area contributed by atoms with Crippen LogP contribution in [0.25, 0.3) is 0 Å². The van der Waals surface area contributed by atoms with Crippen molar-refractivity contribution >= 4 is 47.2 Å². The number of hydrogen-bond donors (Lipinski definition) is 1. The van der Waals surface area contributed by atoms with Crippen molar-refractivity contribution in [2.45, 2.75) is 43.9 Å². The van der Waals surface area contributed by atoms with Crippen LogP contribution in [0.1, 0.15) is 26.3 Å². The molecular formula is C24H27N5O8S2. The Bertz CT molecular complexity index is 1260. The van der Waals surface area contributed by atoms with E-state index in [1.54, 1.807) is 27.0 Å². The highest BCUT2D eigenvalue weighted by Crippen LogP contribution is 2.45. The Morgan fingerprint density at radius 3 is 2.54 bits per heavy atom. The summed E-state index contributed by atoms with van der Waals surface area (Å²) in [6.45, 7) is 8.86. The number of benzene rings is 1. The quantitative estimate of drug-likeness (QED) is 0.0961. The fraction of sp³-hybridized carbons (Fsp3) is 0.375. The Morgan fingerprint density at radius 1 is 1.28 bits per heavy atom. The molecule has 13 nitrogen and oxygen atoms in total. The summed E-state index contributed by atoms with van der Waals surface area (Å²) >= 11 is 2.66. The maximum Gasteiger partial charge on any atom is 0.508 e. The van der Waals surface area contributed by atoms with Gasteiger partial charge in [0, 0.05) is 17.9 Å². The lowest BCUT2D eigenvalue weighted by molar-refractivity contribution is -0.384. The molecule has 1 saturated heterocycles. The van der Waals surface area contributed by atoms with Crippen molar-refractivity contribution in [3.05, 3.63) is 68.9 Å². The Hall–Kier alpha value is -3.85. The van der Waals surface area contributed by atoms with Gasteiger partial charge in [-0.25, -0.2) is 9.59 Å². The molecule has 0 spiro atoms. The molecule has 2 heterocycles. The third-order valence-electron chi connectivity index (χ3n) is 5.53. The highest BCUT2D eigenvalue weighted by atomic mass is 32.2. The number of methoxy groups -OCH3 is 1. The van der Waals surface area contributed by atoms with Crippen LogP contribution in [0.3, 0.4) is 0 Å². The van der Waals surface area contributed by atoms with E-state index in [1.807, 2.05) is 0 Å². The minimum absolute atomic E-state index is 0.0877. The van der Waals surface area contributed by atoms with Gasteiger partial charge in [0.1, 0.15) is 34.7 Å². The highest BCUT2D eigenvalue weighted by molar-refractivity contribution is 8.06. The fourth-order valence-corrected chi connectivity index (χ4v) is 5.79. The number of nitro groups is 1. The number of β-lactam (4-membered cyclic amide) rings is 1. The zero-order valence-electron chi connectivity index (χ0n) is 21.6. The van der Waals surface area contributed by atoms with Gasteiger partial charge in [0.05, 0.1) is 18.2 Å². The predicted molar refractivity (Wildman–Crippen MR) is 142 cm³/mol. The number of esters is 1. The van der Waals surface area contributed by atoms with Gasteiger partial charge >= 0.3 is 12.1 Å². The van der Waals surface area contributed by atoms with Crippen LogP contribution >= 0.6 is 23.5 Å². The number of aromatic amines is 1. The van der Waals surface area contributed by atoms with Gasteiger partial charge in [0.25, 0.3) is 5.69 Å². The van der Waals surface area contributed by atoms with Crippen molar-refractivity contribution in [3.63, 3.8) is 0 Å². The zero-order valence-corrected chi connectivity index (χ0v) is 23.2. The first-order valence-corrected chi connectivity index (χ1v) is 13.4. The molecule has 0 bridgehead atoms. The normalized spacial score (nSPS) is 17.0. The molecule has 1 N–H and O–H groups in total. The van der Waals surface area contributed by atoms with Gasteiger partial charge in [-0.3, -0.25) is 19.8 Å². The minimum Gasteiger partial charge on any atom is -0.464 e. The Morgan fingerprint density at radius 2 is 1.97 bits per heavy atom. The summed E-state index contributed by atoms with van der Waals surface area (Å²) in [4.78, 5) is 50.5. The molecule has 0 radical (unpaired) electrons. The zero-order chi connectivity index (χ0) is 28.7. The average Bonchev–Trinajstić information content (AvgIpc) is 3.42. The van der Waals surface area contributed by atoms with Crippen molar-refractivity contribution in [2.75, 3.05) is 12.9 Å². The lowest BCUT2D eigenvalue weighted by atomic mass is 9.91. The van der Waals surface area contributed by atoms with Gasteiger partial charge in [-0.15, -0.1) is 16.9 Å². The van der Waals surface area contributed by atoms with Crippen molar-refractivity contribution in [3.8, 4) is 0 Å². The molecule has 1 aromatic carbocycles. The van der Waals surface area contributed by atoms with Crippen LogP contribution in [0.15, 0.2) is 58.2 Å². The number of rotatable bonds is 12. The second-order valence-electron chi connectivity index (χ2n) is 8.50. The minimum atomic E-state index is -1.01. The number of nitro benzene ring substituents is 1. The summed E-state index contributed by atoms with van der Waals surface area (Å²) in [5.74, 6) is -1.42. The number of non-ortho nitro benzene ring substituents is 1. The lowest BCUT2D eigenvalue weighted by Gasteiger charge is -2.48. The summed E-state index contributed by atoms with van der Waals surface area (Å²) in [6, 6.07) is 5.52. The molecule has 2 aromatic rings. The molecule has 1 aliphatic heterocycles. The third kappa shape index (κ3) is 7.38. The largest absolute Gasteiger partial charge is 0.508 e. The molecule has 3 rings (SSSR count). The maximum absolute atomic E-state index is 13.3. The summed E-state index contributed by atoms with van der Waals surface area (Å²) in [5, 5.41) is 21.1. The van der Waals surface area contributed by atoms with Crippen LogP contribution in [-0.4, -0.2) is 67.6 Å². The molecule has 1 unspecified atom stereocenters. The van der Waals surface area contributed by atoms with Gasteiger partial charge in [-0.2, -0.15) is 10.3 Å². The molecule has 3 atom stereocenters. The van der Waals surface area contributed by atoms with Crippen LogP contribution in [0.5, 0.6) is 0 Å². The van der Waals surface area contributed by atoms with Crippen LogP contribution in [0.4, 0.5) is 10.5 Å². The van der Waals surface area contributed by atoms with Gasteiger partial charge in [-0.1, -0.05) is 18.3 Å². The van der Waals surface area contributed by atoms with E-state index >= 15 is 0 Å². The summed E-state index contributed by atoms with van der Waals surface area (Å²) in [6.07, 6.45) is -0.337. The van der Waals surface area contributed by atoms with Crippen molar-refractivity contribution in [2.24, 2.45) is 5.92 Å². The van der Waals surface area contributed by atoms with Crippen LogP contribution in [-0.2, 0) is 30.4 Å². The van der Waals surface area contributed by atoms with Gasteiger partial charge in [0.2, 0.25) is 5.91 Å². The van der Waals surface area contributed by atoms with E-state index in [0.29, 0.717) is 26.8 Å². The SMILES string of the molecule is C=C(CSc1cn[nH]n1)S[C@@H]1[C@@H](C(C)OC(=O)OCc2ccc([N+](=O)[O-])cc2)C(=O)N1C(C(=O)OC)=C(C)C. The molecule has 1 aromatic heterocycles. The molecule has 1 aliphatic rings. The second kappa shape index (κ2) is 13.3. The Kier molecular flexibility index (Phi) is 10.1. The number of allylic oxidation sites excluding steroid dienone is 1. The van der Waals surface area contributed by atoms with Crippen molar-refractivity contribution < 1.29 is 33.5 Å². The molecule has 1 amide bonds. The van der Waals surface area contributed by atoms with E-state index in [-0.39, 0.29) is 18.0 Å². The van der Waals surface area contributed by atoms with E-state index in [1.165, 1.54) is 59.8 Å². The first-order valence-electron chi connectivity index (χ1n) is 11.5. The molecule has 39 heavy (non-hydrogen) atoms. The number of nitrogens with zero attached hydrogens (tertiary/aromatic N) is 4. The second-order valence-corrected chi connectivity index (χ2v) is 10.8. The first-order chi connectivity index (χ1) is 18.5. The molecule has 208 valence electrons. The highest BCUT2D eigenvalue weighted by Gasteiger charge is 2.55. The Balaban J connectivity index is 1.68. The molecule has 0 saturated carbocycles. The van der Waals surface area contributed by atoms with Crippen molar-refractivity contribution in [1.29, 1.82) is 0 Å². The molecule has 1 fully saturated rings. The van der Waals surface area contributed by atoms with Gasteiger partial charge in [0.15, 0.2) is 0 Å². The molecule has 15 heteroatoms. The third-order valence-corrected chi connectivity index (χ3v) is 7.92. The summed E-state index contributed by atoms with van der Waals surface area (Å²) in [7, 11) is 1.23. The van der Waals surface area contributed by atoms with Crippen LogP contribution in [0, 0.1) is 16.0 Å². The van der Waals surface area contributed by atoms with Crippen molar-refractivity contribution in [1.82, 2.24) is 20.3 Å². The average molecular weight is 578 g/mol. The Labute approximate surface area is 232 Å². The van der Waals surface area contributed by atoms with Crippen LogP contribution < -0.4 is 0 Å². The topological polar surface area (TPSA) is 167 Å². The maximum atomic E-state index is 13.3. The monoisotopic (exact) mass is 577 g/mol. The number of carbonyl (C=O) groups is 3.